The Hall–Kier alpha value is -1.06. The van der Waals surface area contributed by atoms with Gasteiger partial charge in [0.05, 0.1) is 13.2 Å². The van der Waals surface area contributed by atoms with Gasteiger partial charge in [-0.05, 0) is 31.4 Å². The van der Waals surface area contributed by atoms with Crippen LogP contribution in [0.5, 0.6) is 5.75 Å². The van der Waals surface area contributed by atoms with E-state index in [1.807, 2.05) is 12.1 Å². The van der Waals surface area contributed by atoms with Gasteiger partial charge in [0.15, 0.2) is 0 Å². The molecule has 0 aromatic heterocycles. The second-order valence-electron chi connectivity index (χ2n) is 5.24. The Balaban J connectivity index is 2.21. The molecule has 1 aliphatic heterocycles. The zero-order valence-electron chi connectivity index (χ0n) is 11.4. The molecule has 1 aliphatic rings. The number of benzene rings is 1. The van der Waals surface area contributed by atoms with Gasteiger partial charge in [0.1, 0.15) is 5.75 Å². The van der Waals surface area contributed by atoms with Crippen molar-refractivity contribution >= 4 is 0 Å². The molecule has 1 saturated heterocycles. The van der Waals surface area contributed by atoms with Crippen LogP contribution in [0, 0.1) is 5.92 Å². The Morgan fingerprint density at radius 3 is 2.89 bits per heavy atom. The van der Waals surface area contributed by atoms with E-state index in [0.29, 0.717) is 6.54 Å². The van der Waals surface area contributed by atoms with E-state index in [1.165, 1.54) is 18.4 Å². The molecule has 0 radical (unpaired) electrons. The highest BCUT2D eigenvalue weighted by Gasteiger charge is 2.25. The van der Waals surface area contributed by atoms with Gasteiger partial charge in [0.2, 0.25) is 0 Å². The summed E-state index contributed by atoms with van der Waals surface area (Å²) in [5.74, 6) is 1.72. The number of likely N-dealkylation sites (tertiary alicyclic amines) is 1. The van der Waals surface area contributed by atoms with Crippen molar-refractivity contribution < 1.29 is 4.74 Å². The predicted molar refractivity (Wildman–Crippen MR) is 74.8 cm³/mol. The van der Waals surface area contributed by atoms with E-state index in [9.17, 15) is 0 Å². The predicted octanol–water partition coefficient (Wildman–Crippen LogP) is 2.43. The van der Waals surface area contributed by atoms with Crippen molar-refractivity contribution in [1.29, 1.82) is 0 Å². The molecule has 0 amide bonds. The molecule has 3 nitrogen and oxygen atoms in total. The van der Waals surface area contributed by atoms with Crippen LogP contribution in [0.3, 0.4) is 0 Å². The molecule has 100 valence electrons. The van der Waals surface area contributed by atoms with Gasteiger partial charge < -0.3 is 10.5 Å². The zero-order valence-corrected chi connectivity index (χ0v) is 11.4. The summed E-state index contributed by atoms with van der Waals surface area (Å²) in [6.45, 7) is 5.25. The molecular formula is C15H24N2O. The molecule has 18 heavy (non-hydrogen) atoms. The van der Waals surface area contributed by atoms with E-state index in [2.05, 4.69) is 24.0 Å². The van der Waals surface area contributed by atoms with E-state index in [1.54, 1.807) is 7.11 Å². The maximum Gasteiger partial charge on any atom is 0.123 e. The van der Waals surface area contributed by atoms with Gasteiger partial charge in [-0.15, -0.1) is 0 Å². The molecule has 1 fully saturated rings. The average molecular weight is 248 g/mol. The van der Waals surface area contributed by atoms with Gasteiger partial charge in [0.25, 0.3) is 0 Å². The summed E-state index contributed by atoms with van der Waals surface area (Å²) in [7, 11) is 1.73. The zero-order chi connectivity index (χ0) is 13.0. The van der Waals surface area contributed by atoms with E-state index < -0.39 is 0 Å². The second kappa shape index (κ2) is 6.21. The van der Waals surface area contributed by atoms with Crippen molar-refractivity contribution in [2.24, 2.45) is 11.7 Å². The molecule has 0 unspecified atom stereocenters. The Labute approximate surface area is 110 Å². The van der Waals surface area contributed by atoms with Gasteiger partial charge in [-0.25, -0.2) is 0 Å². The lowest BCUT2D eigenvalue weighted by atomic mass is 9.96. The quantitative estimate of drug-likeness (QED) is 0.889. The number of piperidine rings is 1. The smallest absolute Gasteiger partial charge is 0.123 e. The fraction of sp³-hybridized carbons (Fsp3) is 0.600. The number of para-hydroxylation sites is 1. The first kappa shape index (κ1) is 13.4. The van der Waals surface area contributed by atoms with Crippen LogP contribution < -0.4 is 10.5 Å². The van der Waals surface area contributed by atoms with Crippen LogP contribution >= 0.6 is 0 Å². The van der Waals surface area contributed by atoms with Crippen LogP contribution in [-0.4, -0.2) is 31.6 Å². The molecule has 1 aromatic rings. The topological polar surface area (TPSA) is 38.5 Å². The summed E-state index contributed by atoms with van der Waals surface area (Å²) >= 11 is 0. The van der Waals surface area contributed by atoms with E-state index >= 15 is 0 Å². The molecular weight excluding hydrogens is 224 g/mol. The molecule has 0 bridgehead atoms. The van der Waals surface area contributed by atoms with Crippen LogP contribution in [-0.2, 0) is 0 Å². The van der Waals surface area contributed by atoms with Crippen molar-refractivity contribution in [1.82, 2.24) is 4.90 Å². The minimum absolute atomic E-state index is 0.281. The fourth-order valence-corrected chi connectivity index (χ4v) is 2.92. The van der Waals surface area contributed by atoms with Gasteiger partial charge in [-0.2, -0.15) is 0 Å². The summed E-state index contributed by atoms with van der Waals surface area (Å²) in [5.41, 5.74) is 7.23. The highest BCUT2D eigenvalue weighted by Crippen LogP contribution is 2.31. The molecule has 0 aliphatic carbocycles. The van der Waals surface area contributed by atoms with Crippen molar-refractivity contribution in [2.45, 2.75) is 25.8 Å². The Morgan fingerprint density at radius 2 is 2.22 bits per heavy atom. The summed E-state index contributed by atoms with van der Waals surface area (Å²) in [6.07, 6.45) is 2.60. The maximum absolute atomic E-state index is 6.01. The number of hydrogen-bond donors (Lipinski definition) is 1. The van der Waals surface area contributed by atoms with Crippen molar-refractivity contribution in [3.63, 3.8) is 0 Å². The molecule has 2 N–H and O–H groups in total. The maximum atomic E-state index is 6.01. The second-order valence-corrected chi connectivity index (χ2v) is 5.24. The lowest BCUT2D eigenvalue weighted by Gasteiger charge is -2.37. The highest BCUT2D eigenvalue weighted by molar-refractivity contribution is 5.36. The number of rotatable bonds is 4. The number of nitrogens with two attached hydrogens (primary N) is 1. The van der Waals surface area contributed by atoms with E-state index in [-0.39, 0.29) is 6.04 Å². The Kier molecular flexibility index (Phi) is 4.61. The number of hydrogen-bond acceptors (Lipinski definition) is 3. The molecule has 1 heterocycles. The largest absolute Gasteiger partial charge is 0.496 e. The molecule has 3 heteroatoms. The first-order chi connectivity index (χ1) is 8.76. The molecule has 0 spiro atoms. The standard InChI is InChI=1S/C15H24N2O/c1-12-6-5-9-17(11-12)14(10-16)13-7-3-4-8-15(13)18-2/h3-4,7-8,12,14H,5-6,9-11,16H2,1-2H3/t12-,14-/m0/s1. The van der Waals surface area contributed by atoms with Crippen LogP contribution in [0.2, 0.25) is 0 Å². The van der Waals surface area contributed by atoms with Gasteiger partial charge in [-0.3, -0.25) is 4.90 Å². The van der Waals surface area contributed by atoms with Crippen LogP contribution in [0.15, 0.2) is 24.3 Å². The molecule has 1 aromatic carbocycles. The van der Waals surface area contributed by atoms with Crippen LogP contribution in [0.4, 0.5) is 0 Å². The normalized spacial score (nSPS) is 22.7. The Bertz CT molecular complexity index is 381. The van der Waals surface area contributed by atoms with E-state index in [0.717, 1.165) is 24.8 Å². The number of nitrogens with zero attached hydrogens (tertiary/aromatic N) is 1. The van der Waals surface area contributed by atoms with E-state index in [4.69, 9.17) is 10.5 Å². The first-order valence-corrected chi connectivity index (χ1v) is 6.83. The minimum Gasteiger partial charge on any atom is -0.496 e. The first-order valence-electron chi connectivity index (χ1n) is 6.83. The Morgan fingerprint density at radius 1 is 1.44 bits per heavy atom. The summed E-state index contributed by atoms with van der Waals surface area (Å²) in [6, 6.07) is 8.51. The number of ether oxygens (including phenoxy) is 1. The van der Waals surface area contributed by atoms with Crippen molar-refractivity contribution in [3.05, 3.63) is 29.8 Å². The summed E-state index contributed by atoms with van der Waals surface area (Å²) in [5, 5.41) is 0. The highest BCUT2D eigenvalue weighted by atomic mass is 16.5. The monoisotopic (exact) mass is 248 g/mol. The lowest BCUT2D eigenvalue weighted by molar-refractivity contribution is 0.131. The minimum atomic E-state index is 0.281. The third-order valence-electron chi connectivity index (χ3n) is 3.85. The van der Waals surface area contributed by atoms with Crippen LogP contribution in [0.25, 0.3) is 0 Å². The van der Waals surface area contributed by atoms with Crippen molar-refractivity contribution in [2.75, 3.05) is 26.7 Å². The third kappa shape index (κ3) is 2.85. The summed E-state index contributed by atoms with van der Waals surface area (Å²) in [4.78, 5) is 2.51. The van der Waals surface area contributed by atoms with Gasteiger partial charge in [0, 0.05) is 18.7 Å². The van der Waals surface area contributed by atoms with Crippen LogP contribution in [0.1, 0.15) is 31.4 Å². The molecule has 0 saturated carbocycles. The third-order valence-corrected chi connectivity index (χ3v) is 3.85. The van der Waals surface area contributed by atoms with Gasteiger partial charge >= 0.3 is 0 Å². The molecule has 2 rings (SSSR count). The fourth-order valence-electron chi connectivity index (χ4n) is 2.92. The molecule has 2 atom stereocenters. The van der Waals surface area contributed by atoms with Gasteiger partial charge in [-0.1, -0.05) is 25.1 Å². The van der Waals surface area contributed by atoms with Crippen molar-refractivity contribution in [3.8, 4) is 5.75 Å². The SMILES string of the molecule is COc1ccccc1[C@H](CN)N1CCC[C@H](C)C1. The number of methoxy groups -OCH3 is 1. The summed E-state index contributed by atoms with van der Waals surface area (Å²) < 4.78 is 5.46. The lowest BCUT2D eigenvalue weighted by Crippen LogP contribution is -2.40. The average Bonchev–Trinajstić information content (AvgIpc) is 2.40.